The van der Waals surface area contributed by atoms with Crippen LogP contribution in [0.5, 0.6) is 0 Å². The number of hydrazine groups is 1. The smallest absolute Gasteiger partial charge is 0.279 e. The summed E-state index contributed by atoms with van der Waals surface area (Å²) in [6.45, 7) is 7.05. The number of nitrogens with one attached hydrogen (secondary N) is 2. The third-order valence-corrected chi connectivity index (χ3v) is 4.45. The van der Waals surface area contributed by atoms with Gasteiger partial charge in [0.05, 0.1) is 23.6 Å². The third kappa shape index (κ3) is 5.68. The second-order valence-corrected chi connectivity index (χ2v) is 6.37. The number of allylic oxidation sites excluding steroid dienone is 1. The highest BCUT2D eigenvalue weighted by Crippen LogP contribution is 2.26. The molecule has 8 heteroatoms. The van der Waals surface area contributed by atoms with E-state index in [0.717, 1.165) is 0 Å². The minimum atomic E-state index is -2.73. The lowest BCUT2D eigenvalue weighted by molar-refractivity contribution is 0.179. The summed E-state index contributed by atoms with van der Waals surface area (Å²) < 4.78 is 54.5. The molecule has 144 valence electrons. The zero-order valence-electron chi connectivity index (χ0n) is 14.6. The first-order valence-corrected chi connectivity index (χ1v) is 9.04. The summed E-state index contributed by atoms with van der Waals surface area (Å²) in [6.07, 6.45) is -0.922. The molecule has 0 atom stereocenters. The van der Waals surface area contributed by atoms with E-state index in [4.69, 9.17) is 0 Å². The van der Waals surface area contributed by atoms with Crippen molar-refractivity contribution in [2.45, 2.75) is 13.0 Å². The first-order chi connectivity index (χ1) is 12.8. The van der Waals surface area contributed by atoms with Crippen molar-refractivity contribution in [1.29, 1.82) is 0 Å². The van der Waals surface area contributed by atoms with Crippen LogP contribution in [0.15, 0.2) is 61.3 Å². The zero-order chi connectivity index (χ0) is 20.0. The van der Waals surface area contributed by atoms with Gasteiger partial charge in [-0.05, 0) is 24.3 Å². The number of halogens is 4. The first-order valence-electron chi connectivity index (χ1n) is 7.85. The van der Waals surface area contributed by atoms with Crippen LogP contribution < -0.4 is 15.2 Å². The molecule has 2 rings (SSSR count). The van der Waals surface area contributed by atoms with Gasteiger partial charge in [-0.15, -0.1) is 0 Å². The maximum absolute atomic E-state index is 14.5. The number of anilines is 1. The Bertz CT molecular complexity index is 826. The molecule has 0 aliphatic carbocycles. The maximum Gasteiger partial charge on any atom is 0.279 e. The molecule has 2 N–H and O–H groups in total. The molecule has 0 saturated heterocycles. The molecule has 0 unspecified atom stereocenters. The Labute approximate surface area is 159 Å². The van der Waals surface area contributed by atoms with Gasteiger partial charge in [-0.1, -0.05) is 43.3 Å². The maximum atomic E-state index is 14.5. The predicted octanol–water partition coefficient (Wildman–Crippen LogP) is 5.09. The fourth-order valence-electron chi connectivity index (χ4n) is 2.19. The average Bonchev–Trinajstić information content (AvgIpc) is 2.64. The largest absolute Gasteiger partial charge is 0.312 e. The molecule has 0 aromatic heterocycles. The molecule has 0 fully saturated rings. The molecule has 2 aromatic carbocycles. The van der Waals surface area contributed by atoms with Gasteiger partial charge in [-0.2, -0.15) is 0 Å². The van der Waals surface area contributed by atoms with Crippen LogP contribution in [-0.2, 0) is 6.54 Å². The van der Waals surface area contributed by atoms with Gasteiger partial charge < -0.3 is 9.73 Å². The van der Waals surface area contributed by atoms with Crippen molar-refractivity contribution in [2.24, 2.45) is 0 Å². The van der Waals surface area contributed by atoms with Crippen molar-refractivity contribution in [2.75, 3.05) is 10.6 Å². The fraction of sp³-hybridized carbons (Fsp3) is 0.158. The van der Waals surface area contributed by atoms with Gasteiger partial charge >= 0.3 is 0 Å². The van der Waals surface area contributed by atoms with Gasteiger partial charge in [0.2, 0.25) is 0 Å². The number of nitrogens with zero attached hydrogens (tertiary/aromatic N) is 1. The molecule has 0 aliphatic rings. The van der Waals surface area contributed by atoms with Crippen LogP contribution in [0, 0.1) is 11.6 Å². The van der Waals surface area contributed by atoms with E-state index in [9.17, 15) is 17.6 Å². The number of hydrogen-bond donors (Lipinski definition) is 2. The monoisotopic (exact) mass is 397 g/mol. The van der Waals surface area contributed by atoms with E-state index in [1.807, 2.05) is 6.26 Å². The molecule has 3 nitrogen and oxygen atoms in total. The second kappa shape index (κ2) is 9.36. The van der Waals surface area contributed by atoms with Crippen LogP contribution in [0.2, 0.25) is 0 Å². The highest BCUT2D eigenvalue weighted by atomic mass is 32.2. The number of benzene rings is 2. The first kappa shape index (κ1) is 20.7. The lowest BCUT2D eigenvalue weighted by Gasteiger charge is -2.22. The van der Waals surface area contributed by atoms with Crippen LogP contribution in [0.4, 0.5) is 23.2 Å². The van der Waals surface area contributed by atoms with Crippen molar-refractivity contribution in [3.05, 3.63) is 84.1 Å². The lowest BCUT2D eigenvalue weighted by Crippen LogP contribution is -2.31. The molecule has 0 amide bonds. The highest BCUT2D eigenvalue weighted by molar-refractivity contribution is 7.99. The third-order valence-electron chi connectivity index (χ3n) is 3.67. The molecular formula is C19H19F4N3S. The summed E-state index contributed by atoms with van der Waals surface area (Å²) in [4.78, 5) is 0. The van der Waals surface area contributed by atoms with Crippen LogP contribution in [0.1, 0.15) is 11.1 Å². The normalized spacial score (nSPS) is 10.6. The molecule has 27 heavy (non-hydrogen) atoms. The summed E-state index contributed by atoms with van der Waals surface area (Å²) in [5, 5.41) is 0. The van der Waals surface area contributed by atoms with Gasteiger partial charge in [0, 0.05) is 17.4 Å². The van der Waals surface area contributed by atoms with Crippen LogP contribution >= 0.6 is 11.9 Å². The van der Waals surface area contributed by atoms with Crippen molar-refractivity contribution in [3.8, 4) is 0 Å². The van der Waals surface area contributed by atoms with E-state index >= 15 is 0 Å². The van der Waals surface area contributed by atoms with E-state index in [2.05, 4.69) is 24.0 Å². The Kier molecular flexibility index (Phi) is 7.18. The van der Waals surface area contributed by atoms with Crippen molar-refractivity contribution >= 4 is 23.3 Å². The Balaban J connectivity index is 2.09. The van der Waals surface area contributed by atoms with E-state index in [-0.39, 0.29) is 18.1 Å². The Hall–Kier alpha value is -2.61. The molecule has 2 aromatic rings. The van der Waals surface area contributed by atoms with E-state index in [1.165, 1.54) is 30.1 Å². The summed E-state index contributed by atoms with van der Waals surface area (Å²) in [5.74, 6) is -0.860. The summed E-state index contributed by atoms with van der Waals surface area (Å²) in [5.41, 5.74) is 5.80. The van der Waals surface area contributed by atoms with Crippen molar-refractivity contribution in [1.82, 2.24) is 10.9 Å². The predicted molar refractivity (Wildman–Crippen MR) is 103 cm³/mol. The average molecular weight is 397 g/mol. The van der Waals surface area contributed by atoms with E-state index < -0.39 is 17.9 Å². The summed E-state index contributed by atoms with van der Waals surface area (Å²) >= 11 is 1.34. The van der Waals surface area contributed by atoms with Crippen LogP contribution in [0.3, 0.4) is 0 Å². The molecule has 0 saturated carbocycles. The summed E-state index contributed by atoms with van der Waals surface area (Å²) in [7, 11) is 0. The Morgan fingerprint density at radius 3 is 2.44 bits per heavy atom. The Morgan fingerprint density at radius 2 is 1.85 bits per heavy atom. The fourth-order valence-corrected chi connectivity index (χ4v) is 2.79. The van der Waals surface area contributed by atoms with E-state index in [1.54, 1.807) is 28.6 Å². The summed E-state index contributed by atoms with van der Waals surface area (Å²) in [6, 6.07) is 10.5. The number of rotatable bonds is 9. The Morgan fingerprint density at radius 1 is 1.11 bits per heavy atom. The highest BCUT2D eigenvalue weighted by Gasteiger charge is 2.13. The van der Waals surface area contributed by atoms with Gasteiger partial charge in [0.25, 0.3) is 6.43 Å². The SMILES string of the molecule is C=C(NNC(=C)C(F)F)c1ccc(CN(SC)c2cccc(F)c2)c(F)c1. The van der Waals surface area contributed by atoms with Crippen molar-refractivity contribution in [3.63, 3.8) is 0 Å². The molecule has 0 heterocycles. The quantitative estimate of drug-likeness (QED) is 0.350. The van der Waals surface area contributed by atoms with Crippen molar-refractivity contribution < 1.29 is 17.6 Å². The topological polar surface area (TPSA) is 27.3 Å². The van der Waals surface area contributed by atoms with Crippen LogP contribution in [0.25, 0.3) is 5.70 Å². The van der Waals surface area contributed by atoms with Gasteiger partial charge in [-0.25, -0.2) is 17.6 Å². The molecular weight excluding hydrogens is 378 g/mol. The molecule has 0 bridgehead atoms. The molecule has 0 spiro atoms. The number of alkyl halides is 2. The molecule has 0 aliphatic heterocycles. The van der Waals surface area contributed by atoms with Gasteiger partial charge in [0.1, 0.15) is 11.6 Å². The zero-order valence-corrected chi connectivity index (χ0v) is 15.4. The standard InChI is InChI=1S/C19H19F4N3S/c1-12(24-25-13(2)19(22)23)14-7-8-15(18(21)9-14)11-26(27-3)17-6-4-5-16(20)10-17/h4-10,19,24-25H,1-2,11H2,3H3. The van der Waals surface area contributed by atoms with Gasteiger partial charge in [-0.3, -0.25) is 5.43 Å². The minimum Gasteiger partial charge on any atom is -0.312 e. The van der Waals surface area contributed by atoms with Gasteiger partial charge in [0.15, 0.2) is 0 Å². The van der Waals surface area contributed by atoms with Crippen LogP contribution in [-0.4, -0.2) is 12.7 Å². The molecule has 0 radical (unpaired) electrons. The number of hydrogen-bond acceptors (Lipinski definition) is 4. The minimum absolute atomic E-state index is 0.217. The van der Waals surface area contributed by atoms with E-state index in [0.29, 0.717) is 16.8 Å². The second-order valence-electron chi connectivity index (χ2n) is 5.56. The lowest BCUT2D eigenvalue weighted by atomic mass is 10.1.